The number of hydrogen-bond acceptors (Lipinski definition) is 3. The van der Waals surface area contributed by atoms with Crippen molar-refractivity contribution in [1.29, 1.82) is 0 Å². The highest BCUT2D eigenvalue weighted by Gasteiger charge is 2.26. The molecule has 0 saturated heterocycles. The van der Waals surface area contributed by atoms with E-state index in [1.165, 1.54) is 11.1 Å². The molecule has 5 nitrogen and oxygen atoms in total. The smallest absolute Gasteiger partial charge is 0.239 e. The van der Waals surface area contributed by atoms with Crippen molar-refractivity contribution < 1.29 is 9.59 Å². The average molecular weight is 312 g/mol. The van der Waals surface area contributed by atoms with Gasteiger partial charge >= 0.3 is 0 Å². The van der Waals surface area contributed by atoms with E-state index in [2.05, 4.69) is 22.8 Å². The zero-order valence-electron chi connectivity index (χ0n) is 12.4. The number of hydrogen-bond donors (Lipinski definition) is 2. The van der Waals surface area contributed by atoms with Crippen LogP contribution >= 0.6 is 12.4 Å². The van der Waals surface area contributed by atoms with E-state index in [1.54, 1.807) is 19.0 Å². The van der Waals surface area contributed by atoms with Gasteiger partial charge in [-0.1, -0.05) is 24.3 Å². The van der Waals surface area contributed by atoms with E-state index in [-0.39, 0.29) is 30.3 Å². The Morgan fingerprint density at radius 2 is 2.00 bits per heavy atom. The first-order valence-electron chi connectivity index (χ1n) is 6.87. The van der Waals surface area contributed by atoms with Crippen molar-refractivity contribution in [3.63, 3.8) is 0 Å². The van der Waals surface area contributed by atoms with Crippen molar-refractivity contribution >= 4 is 24.2 Å². The van der Waals surface area contributed by atoms with Gasteiger partial charge in [0.15, 0.2) is 0 Å². The molecular weight excluding hydrogens is 290 g/mol. The summed E-state index contributed by atoms with van der Waals surface area (Å²) >= 11 is 0. The Kier molecular flexibility index (Phi) is 6.65. The van der Waals surface area contributed by atoms with Gasteiger partial charge in [-0.2, -0.15) is 0 Å². The van der Waals surface area contributed by atoms with Gasteiger partial charge in [-0.05, 0) is 17.5 Å². The van der Waals surface area contributed by atoms with E-state index in [1.807, 2.05) is 12.1 Å². The fraction of sp³-hybridized carbons (Fsp3) is 0.467. The van der Waals surface area contributed by atoms with Crippen LogP contribution in [-0.2, 0) is 22.6 Å². The van der Waals surface area contributed by atoms with Gasteiger partial charge in [0.25, 0.3) is 0 Å². The summed E-state index contributed by atoms with van der Waals surface area (Å²) in [5.74, 6) is -0.00462. The lowest BCUT2D eigenvalue weighted by atomic mass is 9.95. The zero-order chi connectivity index (χ0) is 14.5. The first kappa shape index (κ1) is 17.5. The standard InChI is InChI=1S/C15H21N3O2.ClH/c1-16-14(19)7-8-18(2)15(20)13-9-11-5-3-4-6-12(11)10-17-13;/h3-6,13,17H,7-10H2,1-2H3,(H,16,19);1H. The maximum atomic E-state index is 12.3. The Bertz CT molecular complexity index is 507. The number of amides is 2. The zero-order valence-corrected chi connectivity index (χ0v) is 13.2. The third kappa shape index (κ3) is 4.44. The summed E-state index contributed by atoms with van der Waals surface area (Å²) in [4.78, 5) is 25.2. The molecule has 1 aromatic rings. The van der Waals surface area contributed by atoms with Crippen LogP contribution in [0.4, 0.5) is 0 Å². The number of fused-ring (bicyclic) bond motifs is 1. The predicted octanol–water partition coefficient (Wildman–Crippen LogP) is 0.717. The van der Waals surface area contributed by atoms with Gasteiger partial charge in [0.2, 0.25) is 11.8 Å². The first-order valence-corrected chi connectivity index (χ1v) is 6.87. The van der Waals surface area contributed by atoms with Crippen molar-refractivity contribution in [3.05, 3.63) is 35.4 Å². The highest BCUT2D eigenvalue weighted by Crippen LogP contribution is 2.17. The van der Waals surface area contributed by atoms with Crippen LogP contribution in [0.3, 0.4) is 0 Å². The second kappa shape index (κ2) is 8.00. The highest BCUT2D eigenvalue weighted by molar-refractivity contribution is 5.85. The van der Waals surface area contributed by atoms with Crippen LogP contribution in [0.1, 0.15) is 17.5 Å². The molecule has 1 aliphatic heterocycles. The second-order valence-electron chi connectivity index (χ2n) is 5.09. The van der Waals surface area contributed by atoms with Crippen LogP contribution in [-0.4, -0.2) is 43.4 Å². The summed E-state index contributed by atoms with van der Waals surface area (Å²) in [6.45, 7) is 1.16. The van der Waals surface area contributed by atoms with Crippen LogP contribution in [0.2, 0.25) is 0 Å². The Balaban J connectivity index is 0.00000220. The third-order valence-electron chi connectivity index (χ3n) is 3.71. The van der Waals surface area contributed by atoms with Crippen molar-refractivity contribution in [2.24, 2.45) is 0 Å². The fourth-order valence-electron chi connectivity index (χ4n) is 2.40. The topological polar surface area (TPSA) is 61.4 Å². The molecule has 2 rings (SSSR count). The minimum absolute atomic E-state index is 0. The van der Waals surface area contributed by atoms with E-state index in [9.17, 15) is 9.59 Å². The molecule has 2 amide bonds. The lowest BCUT2D eigenvalue weighted by Gasteiger charge is -2.29. The molecule has 1 heterocycles. The van der Waals surface area contributed by atoms with Crippen molar-refractivity contribution in [3.8, 4) is 0 Å². The summed E-state index contributed by atoms with van der Waals surface area (Å²) in [7, 11) is 3.34. The number of halogens is 1. The van der Waals surface area contributed by atoms with E-state index in [0.29, 0.717) is 19.4 Å². The molecule has 0 aliphatic carbocycles. The number of carbonyl (C=O) groups is 2. The minimum Gasteiger partial charge on any atom is -0.359 e. The number of rotatable bonds is 4. The predicted molar refractivity (Wildman–Crippen MR) is 84.3 cm³/mol. The molecule has 1 aromatic carbocycles. The van der Waals surface area contributed by atoms with Gasteiger partial charge < -0.3 is 15.5 Å². The van der Waals surface area contributed by atoms with E-state index in [4.69, 9.17) is 0 Å². The van der Waals surface area contributed by atoms with Gasteiger partial charge in [0, 0.05) is 33.6 Å². The Morgan fingerprint density at radius 1 is 1.33 bits per heavy atom. The molecule has 116 valence electrons. The molecule has 0 fully saturated rings. The molecule has 0 saturated carbocycles. The molecule has 0 radical (unpaired) electrons. The van der Waals surface area contributed by atoms with Gasteiger partial charge in [0.05, 0.1) is 6.04 Å². The monoisotopic (exact) mass is 311 g/mol. The summed E-state index contributed by atoms with van der Waals surface area (Å²) < 4.78 is 0. The van der Waals surface area contributed by atoms with E-state index >= 15 is 0 Å². The molecule has 21 heavy (non-hydrogen) atoms. The van der Waals surface area contributed by atoms with Gasteiger partial charge in [-0.25, -0.2) is 0 Å². The number of nitrogens with zero attached hydrogens (tertiary/aromatic N) is 1. The number of likely N-dealkylation sites (N-methyl/N-ethyl adjacent to an activating group) is 1. The lowest BCUT2D eigenvalue weighted by molar-refractivity contribution is -0.132. The minimum atomic E-state index is -0.195. The second-order valence-corrected chi connectivity index (χ2v) is 5.09. The first-order chi connectivity index (χ1) is 9.61. The van der Waals surface area contributed by atoms with Crippen LogP contribution in [0, 0.1) is 0 Å². The molecule has 6 heteroatoms. The van der Waals surface area contributed by atoms with E-state index < -0.39 is 0 Å². The Hall–Kier alpha value is -1.59. The van der Waals surface area contributed by atoms with Crippen LogP contribution < -0.4 is 10.6 Å². The molecule has 0 aromatic heterocycles. The van der Waals surface area contributed by atoms with Crippen molar-refractivity contribution in [1.82, 2.24) is 15.5 Å². The normalized spacial score (nSPS) is 16.4. The lowest BCUT2D eigenvalue weighted by Crippen LogP contribution is -2.48. The number of benzene rings is 1. The molecule has 1 atom stereocenters. The molecular formula is C15H22ClN3O2. The molecule has 0 bridgehead atoms. The summed E-state index contributed by atoms with van der Waals surface area (Å²) in [6.07, 6.45) is 1.04. The molecule has 2 N–H and O–H groups in total. The molecule has 1 unspecified atom stereocenters. The third-order valence-corrected chi connectivity index (χ3v) is 3.71. The van der Waals surface area contributed by atoms with Gasteiger partial charge in [-0.15, -0.1) is 12.4 Å². The molecule has 1 aliphatic rings. The van der Waals surface area contributed by atoms with Crippen LogP contribution in [0.25, 0.3) is 0 Å². The largest absolute Gasteiger partial charge is 0.359 e. The Morgan fingerprint density at radius 3 is 2.67 bits per heavy atom. The quantitative estimate of drug-likeness (QED) is 0.861. The maximum Gasteiger partial charge on any atom is 0.239 e. The summed E-state index contributed by atoms with van der Waals surface area (Å²) in [5.41, 5.74) is 2.48. The Labute approximate surface area is 131 Å². The highest BCUT2D eigenvalue weighted by atomic mass is 35.5. The van der Waals surface area contributed by atoms with Crippen molar-refractivity contribution in [2.45, 2.75) is 25.4 Å². The van der Waals surface area contributed by atoms with Gasteiger partial charge in [0.1, 0.15) is 0 Å². The van der Waals surface area contributed by atoms with Crippen LogP contribution in [0.5, 0.6) is 0 Å². The van der Waals surface area contributed by atoms with Crippen LogP contribution in [0.15, 0.2) is 24.3 Å². The van der Waals surface area contributed by atoms with E-state index in [0.717, 1.165) is 6.54 Å². The van der Waals surface area contributed by atoms with Gasteiger partial charge in [-0.3, -0.25) is 9.59 Å². The average Bonchev–Trinajstić information content (AvgIpc) is 2.50. The SMILES string of the molecule is CNC(=O)CCN(C)C(=O)C1Cc2ccccc2CN1.Cl. The summed E-state index contributed by atoms with van der Waals surface area (Å²) in [5, 5.41) is 5.83. The fourth-order valence-corrected chi connectivity index (χ4v) is 2.40. The molecule has 0 spiro atoms. The number of carbonyl (C=O) groups excluding carboxylic acids is 2. The number of nitrogens with one attached hydrogen (secondary N) is 2. The maximum absolute atomic E-state index is 12.3. The van der Waals surface area contributed by atoms with Crippen molar-refractivity contribution in [2.75, 3.05) is 20.6 Å². The summed E-state index contributed by atoms with van der Waals surface area (Å²) in [6, 6.07) is 7.97.